The van der Waals surface area contributed by atoms with E-state index in [1.807, 2.05) is 26.1 Å². The van der Waals surface area contributed by atoms with Crippen LogP contribution >= 0.6 is 0 Å². The largest absolute Gasteiger partial charge is 0.369 e. The smallest absolute Gasteiger partial charge is 0.148 e. The quantitative estimate of drug-likeness (QED) is 0.797. The molecule has 0 unspecified atom stereocenters. The lowest BCUT2D eigenvalue weighted by Gasteiger charge is -2.02. The molecule has 0 aromatic carbocycles. The van der Waals surface area contributed by atoms with Gasteiger partial charge in [-0.3, -0.25) is 0 Å². The summed E-state index contributed by atoms with van der Waals surface area (Å²) in [6.45, 7) is 2.85. The van der Waals surface area contributed by atoms with Gasteiger partial charge in [-0.2, -0.15) is 0 Å². The van der Waals surface area contributed by atoms with E-state index in [0.717, 1.165) is 23.8 Å². The molecule has 0 radical (unpaired) electrons. The first-order chi connectivity index (χ1) is 7.31. The Kier molecular flexibility index (Phi) is 2.57. The van der Waals surface area contributed by atoms with Gasteiger partial charge in [0, 0.05) is 13.6 Å². The Hall–Kier alpha value is -1.98. The van der Waals surface area contributed by atoms with Crippen molar-refractivity contribution in [2.45, 2.75) is 6.92 Å². The van der Waals surface area contributed by atoms with Gasteiger partial charge >= 0.3 is 0 Å². The van der Waals surface area contributed by atoms with Crippen molar-refractivity contribution in [3.8, 4) is 11.4 Å². The van der Waals surface area contributed by atoms with E-state index in [1.54, 1.807) is 10.9 Å². The second-order valence-electron chi connectivity index (χ2n) is 3.08. The van der Waals surface area contributed by atoms with Crippen LogP contribution in [0, 0.1) is 0 Å². The molecule has 0 atom stereocenters. The van der Waals surface area contributed by atoms with Gasteiger partial charge < -0.3 is 5.32 Å². The molecular weight excluding hydrogens is 192 g/mol. The number of hydrogen-bond donors (Lipinski definition) is 1. The predicted octanol–water partition coefficient (Wildman–Crippen LogP) is 0.704. The van der Waals surface area contributed by atoms with E-state index in [4.69, 9.17) is 0 Å². The van der Waals surface area contributed by atoms with Crippen LogP contribution in [0.4, 0.5) is 5.82 Å². The van der Waals surface area contributed by atoms with Crippen LogP contribution in [0.15, 0.2) is 18.3 Å². The van der Waals surface area contributed by atoms with Gasteiger partial charge in [-0.25, -0.2) is 4.68 Å². The molecule has 0 aliphatic heterocycles. The summed E-state index contributed by atoms with van der Waals surface area (Å²) in [4.78, 5) is 0. The summed E-state index contributed by atoms with van der Waals surface area (Å²) in [5.41, 5.74) is 1.62. The highest BCUT2D eigenvalue weighted by Gasteiger charge is 2.05. The van der Waals surface area contributed by atoms with E-state index in [1.165, 1.54) is 0 Å². The Bertz CT molecular complexity index is 432. The lowest BCUT2D eigenvalue weighted by Crippen LogP contribution is -2.02. The minimum absolute atomic E-state index is 0.768. The maximum Gasteiger partial charge on any atom is 0.148 e. The zero-order valence-corrected chi connectivity index (χ0v) is 8.68. The summed E-state index contributed by atoms with van der Waals surface area (Å²) in [7, 11) is 1.82. The first kappa shape index (κ1) is 9.57. The third kappa shape index (κ3) is 1.93. The van der Waals surface area contributed by atoms with Crippen molar-refractivity contribution in [3.63, 3.8) is 0 Å². The Morgan fingerprint density at radius 1 is 1.33 bits per heavy atom. The highest BCUT2D eigenvalue weighted by atomic mass is 15.4. The van der Waals surface area contributed by atoms with E-state index in [9.17, 15) is 0 Å². The molecule has 1 N–H and O–H groups in total. The average Bonchev–Trinajstić information content (AvgIpc) is 2.66. The Labute approximate surface area is 87.3 Å². The number of nitrogens with one attached hydrogen (secondary N) is 1. The number of hydrogen-bond acceptors (Lipinski definition) is 5. The fourth-order valence-electron chi connectivity index (χ4n) is 1.27. The number of aromatic nitrogens is 5. The SMILES string of the molecule is CCNc1ccc(-c2cnnn2C)nn1. The minimum Gasteiger partial charge on any atom is -0.369 e. The van der Waals surface area contributed by atoms with Crippen LogP contribution in [0.25, 0.3) is 11.4 Å². The lowest BCUT2D eigenvalue weighted by molar-refractivity contribution is 0.718. The molecule has 0 saturated carbocycles. The van der Waals surface area contributed by atoms with Crippen LogP contribution in [0.1, 0.15) is 6.92 Å². The highest BCUT2D eigenvalue weighted by Crippen LogP contribution is 2.14. The second kappa shape index (κ2) is 4.04. The molecule has 6 heteroatoms. The van der Waals surface area contributed by atoms with Gasteiger partial charge in [-0.15, -0.1) is 15.3 Å². The number of nitrogens with zero attached hydrogens (tertiary/aromatic N) is 5. The van der Waals surface area contributed by atoms with Crippen molar-refractivity contribution in [1.29, 1.82) is 0 Å². The van der Waals surface area contributed by atoms with Crippen LogP contribution < -0.4 is 5.32 Å². The van der Waals surface area contributed by atoms with E-state index < -0.39 is 0 Å². The van der Waals surface area contributed by atoms with Crippen LogP contribution in [-0.2, 0) is 7.05 Å². The van der Waals surface area contributed by atoms with Gasteiger partial charge in [0.15, 0.2) is 0 Å². The standard InChI is InChI=1S/C9H12N6/c1-3-10-9-5-4-7(12-13-9)8-6-11-14-15(8)2/h4-6H,3H2,1-2H3,(H,10,13). The topological polar surface area (TPSA) is 68.5 Å². The van der Waals surface area contributed by atoms with Gasteiger partial charge in [0.25, 0.3) is 0 Å². The molecule has 6 nitrogen and oxygen atoms in total. The monoisotopic (exact) mass is 204 g/mol. The van der Waals surface area contributed by atoms with Crippen molar-refractivity contribution in [2.75, 3.05) is 11.9 Å². The summed E-state index contributed by atoms with van der Waals surface area (Å²) in [6.07, 6.45) is 1.66. The third-order valence-electron chi connectivity index (χ3n) is 2.00. The summed E-state index contributed by atoms with van der Waals surface area (Å²) in [5.74, 6) is 0.774. The molecule has 0 saturated heterocycles. The first-order valence-corrected chi connectivity index (χ1v) is 4.74. The van der Waals surface area contributed by atoms with Crippen LogP contribution in [0.5, 0.6) is 0 Å². The van der Waals surface area contributed by atoms with E-state index in [2.05, 4.69) is 25.8 Å². The molecule has 2 heterocycles. The second-order valence-corrected chi connectivity index (χ2v) is 3.08. The zero-order valence-electron chi connectivity index (χ0n) is 8.68. The van der Waals surface area contributed by atoms with E-state index in [-0.39, 0.29) is 0 Å². The normalized spacial score (nSPS) is 10.3. The Balaban J connectivity index is 2.28. The highest BCUT2D eigenvalue weighted by molar-refractivity contribution is 5.53. The van der Waals surface area contributed by atoms with Crippen molar-refractivity contribution in [3.05, 3.63) is 18.3 Å². The summed E-state index contributed by atoms with van der Waals surface area (Å²) in [5, 5.41) is 18.8. The maximum atomic E-state index is 4.09. The van der Waals surface area contributed by atoms with Gasteiger partial charge in [0.05, 0.1) is 6.20 Å². The Morgan fingerprint density at radius 2 is 2.20 bits per heavy atom. The van der Waals surface area contributed by atoms with Crippen LogP contribution in [-0.4, -0.2) is 31.7 Å². The maximum absolute atomic E-state index is 4.09. The molecule has 0 spiro atoms. The number of anilines is 1. The molecule has 0 amide bonds. The van der Waals surface area contributed by atoms with Gasteiger partial charge in [0.1, 0.15) is 17.2 Å². The molecule has 2 aromatic heterocycles. The first-order valence-electron chi connectivity index (χ1n) is 4.74. The molecule has 15 heavy (non-hydrogen) atoms. The molecule has 0 aliphatic rings. The van der Waals surface area contributed by atoms with Crippen LogP contribution in [0.2, 0.25) is 0 Å². The Morgan fingerprint density at radius 3 is 2.73 bits per heavy atom. The van der Waals surface area contributed by atoms with Crippen molar-refractivity contribution >= 4 is 5.82 Å². The van der Waals surface area contributed by atoms with Gasteiger partial charge in [-0.05, 0) is 19.1 Å². The molecular formula is C9H12N6. The molecule has 2 aromatic rings. The van der Waals surface area contributed by atoms with Gasteiger partial charge in [0.2, 0.25) is 0 Å². The number of rotatable bonds is 3. The fraction of sp³-hybridized carbons (Fsp3) is 0.333. The lowest BCUT2D eigenvalue weighted by atomic mass is 10.3. The van der Waals surface area contributed by atoms with Crippen molar-refractivity contribution < 1.29 is 0 Å². The summed E-state index contributed by atoms with van der Waals surface area (Å²) >= 11 is 0. The average molecular weight is 204 g/mol. The molecule has 0 fully saturated rings. The van der Waals surface area contributed by atoms with Crippen LogP contribution in [0.3, 0.4) is 0 Å². The van der Waals surface area contributed by atoms with Crippen molar-refractivity contribution in [1.82, 2.24) is 25.2 Å². The van der Waals surface area contributed by atoms with E-state index in [0.29, 0.717) is 0 Å². The fourth-order valence-corrected chi connectivity index (χ4v) is 1.27. The summed E-state index contributed by atoms with van der Waals surface area (Å²) < 4.78 is 1.66. The van der Waals surface area contributed by atoms with Crippen molar-refractivity contribution in [2.24, 2.45) is 7.05 Å². The molecule has 2 rings (SSSR count). The predicted molar refractivity (Wildman–Crippen MR) is 56.2 cm³/mol. The zero-order chi connectivity index (χ0) is 10.7. The van der Waals surface area contributed by atoms with Gasteiger partial charge in [-0.1, -0.05) is 5.21 Å². The summed E-state index contributed by atoms with van der Waals surface area (Å²) in [6, 6.07) is 3.78. The minimum atomic E-state index is 0.768. The molecule has 0 bridgehead atoms. The van der Waals surface area contributed by atoms with E-state index >= 15 is 0 Å². The third-order valence-corrected chi connectivity index (χ3v) is 2.00. The molecule has 0 aliphatic carbocycles. The number of aryl methyl sites for hydroxylation is 1. The molecule has 78 valence electrons.